The van der Waals surface area contributed by atoms with Crippen molar-refractivity contribution >= 4 is 52.1 Å². The van der Waals surface area contributed by atoms with Gasteiger partial charge in [-0.3, -0.25) is 4.79 Å². The number of rotatable bonds is 1. The molecule has 30 heavy (non-hydrogen) atoms. The predicted octanol–water partition coefficient (Wildman–Crippen LogP) is 7.60. The van der Waals surface area contributed by atoms with Crippen LogP contribution in [0.1, 0.15) is 26.0 Å². The molecular formula is C26H24Cl2O2. The highest BCUT2D eigenvalue weighted by Crippen LogP contribution is 2.33. The van der Waals surface area contributed by atoms with Crippen LogP contribution in [0.5, 0.6) is 0 Å². The number of para-hydroxylation sites is 1. The third kappa shape index (κ3) is 5.02. The summed E-state index contributed by atoms with van der Waals surface area (Å²) in [5, 5.41) is 3.26. The molecule has 1 heterocycles. The molecule has 1 aliphatic rings. The maximum atomic E-state index is 12.0. The molecule has 0 saturated carbocycles. The average Bonchev–Trinajstić information content (AvgIpc) is 3.06. The van der Waals surface area contributed by atoms with Crippen LogP contribution in [0.3, 0.4) is 0 Å². The first-order chi connectivity index (χ1) is 13.6. The van der Waals surface area contributed by atoms with E-state index in [4.69, 9.17) is 4.42 Å². The summed E-state index contributed by atoms with van der Waals surface area (Å²) < 4.78 is 5.85. The van der Waals surface area contributed by atoms with Gasteiger partial charge in [-0.25, -0.2) is 0 Å². The maximum absolute atomic E-state index is 12.0. The zero-order valence-corrected chi connectivity index (χ0v) is 18.6. The number of hydrogen-bond acceptors (Lipinski definition) is 2. The van der Waals surface area contributed by atoms with E-state index >= 15 is 0 Å². The van der Waals surface area contributed by atoms with Crippen molar-refractivity contribution in [2.45, 2.75) is 20.3 Å². The monoisotopic (exact) mass is 438 g/mol. The Hall–Kier alpha value is -2.81. The number of fused-ring (bicyclic) bond motifs is 2. The third-order valence-electron chi connectivity index (χ3n) is 4.99. The molecule has 0 amide bonds. The highest BCUT2D eigenvalue weighted by atomic mass is 35.5. The van der Waals surface area contributed by atoms with E-state index in [2.05, 4.69) is 68.5 Å². The van der Waals surface area contributed by atoms with Gasteiger partial charge in [0.2, 0.25) is 0 Å². The van der Waals surface area contributed by atoms with E-state index in [1.54, 1.807) is 12.1 Å². The number of allylic oxidation sites excluding steroid dienone is 4. The number of benzene rings is 3. The summed E-state index contributed by atoms with van der Waals surface area (Å²) in [5.74, 6) is 0.698. The smallest absolute Gasteiger partial charge is 0.193 e. The first-order valence-electron chi connectivity index (χ1n) is 9.46. The van der Waals surface area contributed by atoms with Gasteiger partial charge in [0.1, 0.15) is 11.3 Å². The molecule has 0 spiro atoms. The summed E-state index contributed by atoms with van der Waals surface area (Å²) in [6.07, 6.45) is 3.01. The van der Waals surface area contributed by atoms with E-state index in [-0.39, 0.29) is 30.2 Å². The Bertz CT molecular complexity index is 1220. The quantitative estimate of drug-likeness (QED) is 0.306. The minimum absolute atomic E-state index is 0. The minimum Gasteiger partial charge on any atom is -0.456 e. The van der Waals surface area contributed by atoms with Crippen molar-refractivity contribution in [1.82, 2.24) is 0 Å². The molecule has 4 aromatic rings. The van der Waals surface area contributed by atoms with Gasteiger partial charge < -0.3 is 4.42 Å². The lowest BCUT2D eigenvalue weighted by atomic mass is 10.1. The molecule has 0 bridgehead atoms. The molecular weight excluding hydrogens is 415 g/mol. The van der Waals surface area contributed by atoms with Crippen LogP contribution in [0.15, 0.2) is 105 Å². The highest BCUT2D eigenvalue weighted by molar-refractivity contribution is 5.85. The molecule has 154 valence electrons. The van der Waals surface area contributed by atoms with Crippen LogP contribution in [0, 0.1) is 0 Å². The summed E-state index contributed by atoms with van der Waals surface area (Å²) in [4.78, 5) is 12.0. The maximum Gasteiger partial charge on any atom is 0.193 e. The van der Waals surface area contributed by atoms with E-state index in [1.165, 1.54) is 21.9 Å². The number of hydrogen-bond donors (Lipinski definition) is 0. The first kappa shape index (κ1) is 23.5. The first-order valence-corrected chi connectivity index (χ1v) is 9.46. The predicted molar refractivity (Wildman–Crippen MR) is 132 cm³/mol. The van der Waals surface area contributed by atoms with Crippen molar-refractivity contribution in [1.29, 1.82) is 0 Å². The Kier molecular flexibility index (Phi) is 8.05. The van der Waals surface area contributed by atoms with E-state index in [9.17, 15) is 4.79 Å². The van der Waals surface area contributed by atoms with Crippen LogP contribution < -0.4 is 5.43 Å². The molecule has 1 aliphatic carbocycles. The zero-order valence-electron chi connectivity index (χ0n) is 16.9. The van der Waals surface area contributed by atoms with Crippen LogP contribution in [0.4, 0.5) is 0 Å². The molecule has 3 aromatic carbocycles. The van der Waals surface area contributed by atoms with Crippen LogP contribution in [0.2, 0.25) is 0 Å². The van der Waals surface area contributed by atoms with Crippen LogP contribution in [0.25, 0.3) is 27.3 Å². The molecule has 0 saturated heterocycles. The van der Waals surface area contributed by atoms with Gasteiger partial charge in [0.05, 0.1) is 5.39 Å². The van der Waals surface area contributed by atoms with Crippen LogP contribution in [-0.4, -0.2) is 0 Å². The molecule has 1 aromatic heterocycles. The Morgan fingerprint density at radius 3 is 1.83 bits per heavy atom. The van der Waals surface area contributed by atoms with Gasteiger partial charge in [-0.2, -0.15) is 0 Å². The Morgan fingerprint density at radius 2 is 1.30 bits per heavy atom. The van der Waals surface area contributed by atoms with Crippen molar-refractivity contribution in [2.75, 3.05) is 0 Å². The fourth-order valence-corrected chi connectivity index (χ4v) is 3.59. The van der Waals surface area contributed by atoms with Gasteiger partial charge in [0.15, 0.2) is 5.43 Å². The van der Waals surface area contributed by atoms with Crippen molar-refractivity contribution < 1.29 is 4.42 Å². The van der Waals surface area contributed by atoms with E-state index in [0.717, 1.165) is 12.0 Å². The van der Waals surface area contributed by atoms with Gasteiger partial charge in [-0.15, -0.1) is 24.8 Å². The van der Waals surface area contributed by atoms with Gasteiger partial charge >= 0.3 is 0 Å². The largest absolute Gasteiger partial charge is 0.456 e. The lowest BCUT2D eigenvalue weighted by Gasteiger charge is -2.05. The molecule has 0 N–H and O–H groups in total. The SMILES string of the molecule is CC1=CC(C)=C(c2cc(=O)c3ccccc3o2)C1.Cl.Cl.c1ccc2ccccc2c1. The molecule has 0 aliphatic heterocycles. The molecule has 5 rings (SSSR count). The van der Waals surface area contributed by atoms with Gasteiger partial charge in [0.25, 0.3) is 0 Å². The second kappa shape index (κ2) is 10.3. The fourth-order valence-electron chi connectivity index (χ4n) is 3.59. The molecule has 0 unspecified atom stereocenters. The normalized spacial score (nSPS) is 12.5. The summed E-state index contributed by atoms with van der Waals surface area (Å²) in [6.45, 7) is 4.15. The van der Waals surface area contributed by atoms with Crippen molar-refractivity contribution in [3.05, 3.63) is 112 Å². The average molecular weight is 439 g/mol. The van der Waals surface area contributed by atoms with Crippen molar-refractivity contribution in [3.63, 3.8) is 0 Å². The topological polar surface area (TPSA) is 30.2 Å². The molecule has 4 heteroatoms. The molecule has 0 radical (unpaired) electrons. The molecule has 0 atom stereocenters. The van der Waals surface area contributed by atoms with Crippen LogP contribution in [-0.2, 0) is 0 Å². The van der Waals surface area contributed by atoms with E-state index in [0.29, 0.717) is 16.7 Å². The highest BCUT2D eigenvalue weighted by Gasteiger charge is 2.15. The Morgan fingerprint density at radius 1 is 0.767 bits per heavy atom. The van der Waals surface area contributed by atoms with E-state index in [1.807, 2.05) is 18.2 Å². The Labute approximate surface area is 188 Å². The molecule has 0 fully saturated rings. The third-order valence-corrected chi connectivity index (χ3v) is 4.99. The van der Waals surface area contributed by atoms with Crippen molar-refractivity contribution in [2.24, 2.45) is 0 Å². The summed E-state index contributed by atoms with van der Waals surface area (Å²) in [6, 6.07) is 25.7. The summed E-state index contributed by atoms with van der Waals surface area (Å²) >= 11 is 0. The summed E-state index contributed by atoms with van der Waals surface area (Å²) in [7, 11) is 0. The number of halogens is 2. The molecule has 2 nitrogen and oxygen atoms in total. The van der Waals surface area contributed by atoms with Gasteiger partial charge in [-0.05, 0) is 48.7 Å². The van der Waals surface area contributed by atoms with E-state index < -0.39 is 0 Å². The summed E-state index contributed by atoms with van der Waals surface area (Å²) in [5.41, 5.74) is 4.29. The second-order valence-corrected chi connectivity index (χ2v) is 7.15. The lowest BCUT2D eigenvalue weighted by Crippen LogP contribution is -2.01. The van der Waals surface area contributed by atoms with Gasteiger partial charge in [-0.1, -0.05) is 72.3 Å². The fraction of sp³-hybridized carbons (Fsp3) is 0.115. The zero-order chi connectivity index (χ0) is 19.5. The Balaban J connectivity index is 0.000000229. The van der Waals surface area contributed by atoms with Crippen LogP contribution >= 0.6 is 24.8 Å². The standard InChI is InChI=1S/C16H14O2.C10H8.2ClH/c1-10-7-11(2)13(8-10)16-9-14(17)12-5-3-4-6-15(12)18-16;1-2-6-10-8-4-3-7-9(10)5-1;;/h3-7,9H,8H2,1-2H3;1-8H;2*1H. The second-order valence-electron chi connectivity index (χ2n) is 7.15. The minimum atomic E-state index is 0. The lowest BCUT2D eigenvalue weighted by molar-refractivity contribution is 0.584. The van der Waals surface area contributed by atoms with Crippen molar-refractivity contribution in [3.8, 4) is 0 Å². The van der Waals surface area contributed by atoms with Gasteiger partial charge in [0, 0.05) is 11.6 Å².